The molecule has 0 radical (unpaired) electrons. The number of nitrogens with two attached hydrogens (primary N) is 1. The first-order valence-electron chi connectivity index (χ1n) is 5.52. The minimum atomic E-state index is -0.966. The number of hydrogen-bond donors (Lipinski definition) is 1. The zero-order valence-corrected chi connectivity index (χ0v) is 9.68. The summed E-state index contributed by atoms with van der Waals surface area (Å²) in [5.41, 5.74) is 6.05. The molecule has 0 amide bonds. The Kier molecular flexibility index (Phi) is 2.62. The molecule has 0 aliphatic heterocycles. The molecule has 2 heterocycles. The van der Waals surface area contributed by atoms with Gasteiger partial charge in [-0.3, -0.25) is 0 Å². The molecule has 2 aromatic heterocycles. The summed E-state index contributed by atoms with van der Waals surface area (Å²) in [4.78, 5) is 7.83. The van der Waals surface area contributed by atoms with E-state index in [9.17, 15) is 8.78 Å². The van der Waals surface area contributed by atoms with Crippen LogP contribution in [0, 0.1) is 11.6 Å². The van der Waals surface area contributed by atoms with E-state index in [0.717, 1.165) is 6.07 Å². The zero-order valence-electron chi connectivity index (χ0n) is 9.68. The second-order valence-electron chi connectivity index (χ2n) is 3.94. The molecule has 0 bridgehead atoms. The fraction of sp³-hybridized carbons (Fsp3) is 0.182. The standard InChI is InChI=1S/C11H9F2N5O/c12-6-1-2-7-10(9(6)13)18(11(14)17-7)4-3-8-15-5-16-19-8/h1-2,5H,3-4H2,(H2,14,17). The third-order valence-electron chi connectivity index (χ3n) is 2.79. The Labute approximate surface area is 105 Å². The van der Waals surface area contributed by atoms with Crippen LogP contribution in [-0.2, 0) is 13.0 Å². The predicted octanol–water partition coefficient (Wildman–Crippen LogP) is 1.52. The van der Waals surface area contributed by atoms with Gasteiger partial charge in [-0.1, -0.05) is 5.16 Å². The lowest BCUT2D eigenvalue weighted by Crippen LogP contribution is -2.07. The summed E-state index contributed by atoms with van der Waals surface area (Å²) in [7, 11) is 0. The molecule has 6 nitrogen and oxygen atoms in total. The smallest absolute Gasteiger partial charge is 0.228 e. The summed E-state index contributed by atoms with van der Waals surface area (Å²) in [6.45, 7) is 0.269. The fourth-order valence-electron chi connectivity index (χ4n) is 1.91. The quantitative estimate of drug-likeness (QED) is 0.776. The number of aryl methyl sites for hydroxylation is 2. The average molecular weight is 265 g/mol. The number of rotatable bonds is 3. The Balaban J connectivity index is 2.02. The Morgan fingerprint density at radius 3 is 2.89 bits per heavy atom. The molecule has 0 aliphatic carbocycles. The van der Waals surface area contributed by atoms with Crippen LogP contribution in [0.2, 0.25) is 0 Å². The first kappa shape index (κ1) is 11.6. The molecule has 0 fully saturated rings. The van der Waals surface area contributed by atoms with Crippen LogP contribution >= 0.6 is 0 Å². The molecule has 0 saturated carbocycles. The molecule has 0 saturated heterocycles. The summed E-state index contributed by atoms with van der Waals surface area (Å²) < 4.78 is 33.3. The number of imidazole rings is 1. The maximum atomic E-state index is 13.8. The van der Waals surface area contributed by atoms with Gasteiger partial charge >= 0.3 is 0 Å². The lowest BCUT2D eigenvalue weighted by Gasteiger charge is -2.05. The lowest BCUT2D eigenvalue weighted by molar-refractivity contribution is 0.371. The van der Waals surface area contributed by atoms with Gasteiger partial charge < -0.3 is 14.8 Å². The van der Waals surface area contributed by atoms with Gasteiger partial charge in [-0.05, 0) is 12.1 Å². The highest BCUT2D eigenvalue weighted by Crippen LogP contribution is 2.23. The van der Waals surface area contributed by atoms with Crippen molar-refractivity contribution in [1.82, 2.24) is 19.7 Å². The van der Waals surface area contributed by atoms with E-state index in [1.165, 1.54) is 17.0 Å². The molecule has 98 valence electrons. The van der Waals surface area contributed by atoms with Gasteiger partial charge in [0, 0.05) is 13.0 Å². The Morgan fingerprint density at radius 1 is 1.32 bits per heavy atom. The number of benzene rings is 1. The van der Waals surface area contributed by atoms with Crippen molar-refractivity contribution in [2.75, 3.05) is 5.73 Å². The number of nitrogen functional groups attached to an aromatic ring is 1. The average Bonchev–Trinajstić information content (AvgIpc) is 2.99. The monoisotopic (exact) mass is 265 g/mol. The van der Waals surface area contributed by atoms with E-state index in [2.05, 4.69) is 15.1 Å². The van der Waals surface area contributed by atoms with Gasteiger partial charge in [-0.2, -0.15) is 4.98 Å². The Morgan fingerprint density at radius 2 is 2.16 bits per heavy atom. The normalized spacial score (nSPS) is 11.3. The van der Waals surface area contributed by atoms with Gasteiger partial charge in [-0.25, -0.2) is 13.8 Å². The Hall–Kier alpha value is -2.51. The molecule has 8 heteroatoms. The SMILES string of the molecule is Nc1nc2ccc(F)c(F)c2n1CCc1ncno1. The van der Waals surface area contributed by atoms with E-state index in [1.807, 2.05) is 0 Å². The molecular formula is C11H9F2N5O. The van der Waals surface area contributed by atoms with Crippen molar-refractivity contribution >= 4 is 17.0 Å². The molecule has 19 heavy (non-hydrogen) atoms. The minimum absolute atomic E-state index is 0.0389. The first-order valence-corrected chi connectivity index (χ1v) is 5.52. The molecule has 1 aromatic carbocycles. The largest absolute Gasteiger partial charge is 0.369 e. The molecule has 2 N–H and O–H groups in total. The van der Waals surface area contributed by atoms with Gasteiger partial charge in [0.05, 0.1) is 5.52 Å². The van der Waals surface area contributed by atoms with Gasteiger partial charge in [-0.15, -0.1) is 0 Å². The van der Waals surface area contributed by atoms with Crippen LogP contribution in [0.5, 0.6) is 0 Å². The predicted molar refractivity (Wildman–Crippen MR) is 62.1 cm³/mol. The van der Waals surface area contributed by atoms with E-state index in [1.54, 1.807) is 0 Å². The number of fused-ring (bicyclic) bond motifs is 1. The van der Waals surface area contributed by atoms with E-state index < -0.39 is 11.6 Å². The zero-order chi connectivity index (χ0) is 13.4. The maximum Gasteiger partial charge on any atom is 0.228 e. The molecule has 0 aliphatic rings. The van der Waals surface area contributed by atoms with Crippen LogP contribution < -0.4 is 5.73 Å². The molecule has 0 spiro atoms. The summed E-state index contributed by atoms with van der Waals surface area (Å²) in [6, 6.07) is 2.40. The second-order valence-corrected chi connectivity index (χ2v) is 3.94. The topological polar surface area (TPSA) is 82.8 Å². The molecule has 0 atom stereocenters. The maximum absolute atomic E-state index is 13.8. The molecular weight excluding hydrogens is 256 g/mol. The minimum Gasteiger partial charge on any atom is -0.369 e. The van der Waals surface area contributed by atoms with E-state index in [0.29, 0.717) is 17.8 Å². The van der Waals surface area contributed by atoms with Crippen molar-refractivity contribution in [3.05, 3.63) is 36.0 Å². The van der Waals surface area contributed by atoms with E-state index in [4.69, 9.17) is 10.3 Å². The van der Waals surface area contributed by atoms with Crippen LogP contribution in [0.1, 0.15) is 5.89 Å². The van der Waals surface area contributed by atoms with Crippen molar-refractivity contribution in [3.8, 4) is 0 Å². The van der Waals surface area contributed by atoms with E-state index in [-0.39, 0.29) is 18.0 Å². The highest BCUT2D eigenvalue weighted by molar-refractivity contribution is 5.79. The third-order valence-corrected chi connectivity index (χ3v) is 2.79. The second kappa shape index (κ2) is 4.30. The van der Waals surface area contributed by atoms with Crippen LogP contribution in [-0.4, -0.2) is 19.7 Å². The molecule has 0 unspecified atom stereocenters. The number of anilines is 1. The fourth-order valence-corrected chi connectivity index (χ4v) is 1.91. The summed E-state index contributed by atoms with van der Waals surface area (Å²) in [5, 5.41) is 3.46. The van der Waals surface area contributed by atoms with Gasteiger partial charge in [0.1, 0.15) is 5.52 Å². The van der Waals surface area contributed by atoms with Crippen molar-refractivity contribution in [3.63, 3.8) is 0 Å². The molecule has 3 rings (SSSR count). The van der Waals surface area contributed by atoms with Crippen molar-refractivity contribution < 1.29 is 13.3 Å². The highest BCUT2D eigenvalue weighted by Gasteiger charge is 2.16. The van der Waals surface area contributed by atoms with Crippen molar-refractivity contribution in [1.29, 1.82) is 0 Å². The summed E-state index contributed by atoms with van der Waals surface area (Å²) in [5.74, 6) is -1.41. The summed E-state index contributed by atoms with van der Waals surface area (Å²) >= 11 is 0. The first-order chi connectivity index (χ1) is 9.16. The van der Waals surface area contributed by atoms with Crippen LogP contribution in [0.15, 0.2) is 23.0 Å². The van der Waals surface area contributed by atoms with Crippen molar-refractivity contribution in [2.45, 2.75) is 13.0 Å². The lowest BCUT2D eigenvalue weighted by atomic mass is 10.3. The molecule has 3 aromatic rings. The number of hydrogen-bond acceptors (Lipinski definition) is 5. The number of aromatic nitrogens is 4. The van der Waals surface area contributed by atoms with E-state index >= 15 is 0 Å². The summed E-state index contributed by atoms with van der Waals surface area (Å²) in [6.07, 6.45) is 1.62. The van der Waals surface area contributed by atoms with Crippen LogP contribution in [0.25, 0.3) is 11.0 Å². The van der Waals surface area contributed by atoms with Crippen LogP contribution in [0.3, 0.4) is 0 Å². The number of nitrogens with zero attached hydrogens (tertiary/aromatic N) is 4. The Bertz CT molecular complexity index is 722. The van der Waals surface area contributed by atoms with Gasteiger partial charge in [0.15, 0.2) is 18.0 Å². The van der Waals surface area contributed by atoms with Gasteiger partial charge in [0.2, 0.25) is 11.8 Å². The van der Waals surface area contributed by atoms with Crippen LogP contribution in [0.4, 0.5) is 14.7 Å². The third kappa shape index (κ3) is 1.90. The number of halogens is 2. The van der Waals surface area contributed by atoms with Gasteiger partial charge in [0.25, 0.3) is 0 Å². The van der Waals surface area contributed by atoms with Crippen molar-refractivity contribution in [2.24, 2.45) is 0 Å². The highest BCUT2D eigenvalue weighted by atomic mass is 19.2.